The van der Waals surface area contributed by atoms with E-state index in [0.29, 0.717) is 6.54 Å². The number of furan rings is 1. The third kappa shape index (κ3) is 5.08. The third-order valence-corrected chi connectivity index (χ3v) is 2.52. The van der Waals surface area contributed by atoms with Crippen LogP contribution in [-0.4, -0.2) is 24.5 Å². The minimum Gasteiger partial charge on any atom is -0.468 e. The van der Waals surface area contributed by atoms with Crippen LogP contribution >= 0.6 is 0 Å². The molecule has 3 nitrogen and oxygen atoms in total. The van der Waals surface area contributed by atoms with Crippen LogP contribution in [0.4, 0.5) is 0 Å². The molecule has 0 aromatic carbocycles. The summed E-state index contributed by atoms with van der Waals surface area (Å²) in [7, 11) is 0. The summed E-state index contributed by atoms with van der Waals surface area (Å²) < 4.78 is 5.53. The molecule has 3 heteroatoms. The van der Waals surface area contributed by atoms with Crippen molar-refractivity contribution in [3.63, 3.8) is 0 Å². The molecule has 0 aliphatic rings. The number of rotatable bonds is 8. The van der Waals surface area contributed by atoms with Crippen molar-refractivity contribution in [3.8, 4) is 12.3 Å². The number of nitrogens with zero attached hydrogens (tertiary/aromatic N) is 1. The zero-order valence-corrected chi connectivity index (χ0v) is 10.8. The summed E-state index contributed by atoms with van der Waals surface area (Å²) in [6.07, 6.45) is 8.27. The Morgan fingerprint density at radius 2 is 2.29 bits per heavy atom. The highest BCUT2D eigenvalue weighted by atomic mass is 16.3. The quantitative estimate of drug-likeness (QED) is 0.699. The van der Waals surface area contributed by atoms with Crippen LogP contribution in [-0.2, 0) is 13.1 Å². The van der Waals surface area contributed by atoms with E-state index in [4.69, 9.17) is 10.8 Å². The second kappa shape index (κ2) is 7.94. The Morgan fingerprint density at radius 3 is 2.94 bits per heavy atom. The van der Waals surface area contributed by atoms with Crippen molar-refractivity contribution in [2.75, 3.05) is 19.6 Å². The van der Waals surface area contributed by atoms with Crippen molar-refractivity contribution in [1.29, 1.82) is 0 Å². The summed E-state index contributed by atoms with van der Waals surface area (Å²) in [5.41, 5.74) is 1.19. The molecule has 0 unspecified atom stereocenters. The minimum absolute atomic E-state index is 0.678. The fraction of sp³-hybridized carbons (Fsp3) is 0.571. The summed E-state index contributed by atoms with van der Waals surface area (Å²) in [5, 5.41) is 3.28. The van der Waals surface area contributed by atoms with Gasteiger partial charge in [-0.1, -0.05) is 19.8 Å². The molecule has 0 radical (unpaired) electrons. The molecule has 1 N–H and O–H groups in total. The maximum absolute atomic E-state index is 5.53. The Bertz CT molecular complexity index is 351. The molecule has 0 saturated heterocycles. The van der Waals surface area contributed by atoms with Gasteiger partial charge in [0.1, 0.15) is 5.76 Å². The molecule has 1 aromatic heterocycles. The lowest BCUT2D eigenvalue weighted by atomic mass is 10.3. The topological polar surface area (TPSA) is 28.4 Å². The highest BCUT2D eigenvalue weighted by molar-refractivity contribution is 5.12. The Balaban J connectivity index is 2.48. The molecule has 0 fully saturated rings. The molecule has 0 aliphatic carbocycles. The van der Waals surface area contributed by atoms with Crippen LogP contribution in [0.2, 0.25) is 0 Å². The highest BCUT2D eigenvalue weighted by Gasteiger charge is 2.07. The van der Waals surface area contributed by atoms with Crippen molar-refractivity contribution < 1.29 is 4.42 Å². The smallest absolute Gasteiger partial charge is 0.118 e. The van der Waals surface area contributed by atoms with E-state index in [1.54, 1.807) is 0 Å². The van der Waals surface area contributed by atoms with Crippen molar-refractivity contribution in [3.05, 3.63) is 23.7 Å². The first-order valence-electron chi connectivity index (χ1n) is 6.23. The summed E-state index contributed by atoms with van der Waals surface area (Å²) >= 11 is 0. The monoisotopic (exact) mass is 234 g/mol. The Hall–Kier alpha value is -1.24. The lowest BCUT2D eigenvalue weighted by Crippen LogP contribution is -2.24. The van der Waals surface area contributed by atoms with Gasteiger partial charge in [-0.3, -0.25) is 4.90 Å². The van der Waals surface area contributed by atoms with E-state index in [1.165, 1.54) is 5.56 Å². The first-order chi connectivity index (χ1) is 8.30. The van der Waals surface area contributed by atoms with Gasteiger partial charge in [0.25, 0.3) is 0 Å². The van der Waals surface area contributed by atoms with Crippen LogP contribution in [0, 0.1) is 12.3 Å². The van der Waals surface area contributed by atoms with E-state index in [9.17, 15) is 0 Å². The first-order valence-corrected chi connectivity index (χ1v) is 6.23. The van der Waals surface area contributed by atoms with Gasteiger partial charge in [0.2, 0.25) is 0 Å². The van der Waals surface area contributed by atoms with Gasteiger partial charge in [-0.05, 0) is 25.6 Å². The summed E-state index contributed by atoms with van der Waals surface area (Å²) in [6.45, 7) is 8.57. The molecule has 94 valence electrons. The Kier molecular flexibility index (Phi) is 6.46. The highest BCUT2D eigenvalue weighted by Crippen LogP contribution is 2.10. The molecule has 1 heterocycles. The first kappa shape index (κ1) is 13.8. The summed E-state index contributed by atoms with van der Waals surface area (Å²) in [5.74, 6) is 3.67. The Labute approximate surface area is 104 Å². The molecule has 0 aliphatic heterocycles. The van der Waals surface area contributed by atoms with Gasteiger partial charge in [-0.15, -0.1) is 6.42 Å². The lowest BCUT2D eigenvalue weighted by Gasteiger charge is -2.16. The molecule has 0 atom stereocenters. The summed E-state index contributed by atoms with van der Waals surface area (Å²) in [6, 6.07) is 2.10. The van der Waals surface area contributed by atoms with Crippen molar-refractivity contribution in [1.82, 2.24) is 10.2 Å². The SMILES string of the molecule is C#CCN(CCC)Cc1cc(CNCC)co1. The molecule has 0 saturated carbocycles. The van der Waals surface area contributed by atoms with Crippen LogP contribution < -0.4 is 5.32 Å². The molecule has 0 bridgehead atoms. The molecule has 17 heavy (non-hydrogen) atoms. The predicted molar refractivity (Wildman–Crippen MR) is 70.5 cm³/mol. The van der Waals surface area contributed by atoms with Gasteiger partial charge < -0.3 is 9.73 Å². The zero-order valence-electron chi connectivity index (χ0n) is 10.8. The van der Waals surface area contributed by atoms with Gasteiger partial charge in [0, 0.05) is 12.1 Å². The normalized spacial score (nSPS) is 10.7. The van der Waals surface area contributed by atoms with Crippen molar-refractivity contribution in [2.45, 2.75) is 33.4 Å². The van der Waals surface area contributed by atoms with Crippen molar-refractivity contribution in [2.24, 2.45) is 0 Å². The summed E-state index contributed by atoms with van der Waals surface area (Å²) in [4.78, 5) is 2.22. The van der Waals surface area contributed by atoms with Crippen LogP contribution in [0.3, 0.4) is 0 Å². The maximum Gasteiger partial charge on any atom is 0.118 e. The van der Waals surface area contributed by atoms with E-state index in [2.05, 4.69) is 36.1 Å². The average molecular weight is 234 g/mol. The van der Waals surface area contributed by atoms with E-state index in [-0.39, 0.29) is 0 Å². The Morgan fingerprint density at radius 1 is 1.47 bits per heavy atom. The minimum atomic E-state index is 0.678. The molecule has 0 spiro atoms. The van der Waals surface area contributed by atoms with Crippen LogP contribution in [0.1, 0.15) is 31.6 Å². The molecular weight excluding hydrogens is 212 g/mol. The molecule has 0 amide bonds. The molecule has 1 rings (SSSR count). The van der Waals surface area contributed by atoms with E-state index in [0.717, 1.165) is 38.4 Å². The standard InChI is InChI=1S/C14H22N2O/c1-4-7-16(8-5-2)11-14-9-13(12-17-14)10-15-6-3/h1,9,12,15H,5-8,10-11H2,2-3H3. The molecule has 1 aromatic rings. The number of nitrogens with one attached hydrogen (secondary N) is 1. The molecular formula is C14H22N2O. The van der Waals surface area contributed by atoms with Gasteiger partial charge >= 0.3 is 0 Å². The average Bonchev–Trinajstić information content (AvgIpc) is 2.75. The maximum atomic E-state index is 5.53. The van der Waals surface area contributed by atoms with Gasteiger partial charge in [0.15, 0.2) is 0 Å². The van der Waals surface area contributed by atoms with E-state index in [1.807, 2.05) is 6.26 Å². The number of hydrogen-bond acceptors (Lipinski definition) is 3. The lowest BCUT2D eigenvalue weighted by molar-refractivity contribution is 0.272. The predicted octanol–water partition coefficient (Wildman–Crippen LogP) is 2.23. The van der Waals surface area contributed by atoms with Gasteiger partial charge in [0.05, 0.1) is 19.4 Å². The van der Waals surface area contributed by atoms with E-state index >= 15 is 0 Å². The number of terminal acetylenes is 1. The fourth-order valence-electron chi connectivity index (χ4n) is 1.75. The van der Waals surface area contributed by atoms with Gasteiger partial charge in [-0.25, -0.2) is 0 Å². The van der Waals surface area contributed by atoms with E-state index < -0.39 is 0 Å². The largest absolute Gasteiger partial charge is 0.468 e. The van der Waals surface area contributed by atoms with Gasteiger partial charge in [-0.2, -0.15) is 0 Å². The van der Waals surface area contributed by atoms with Crippen LogP contribution in [0.25, 0.3) is 0 Å². The van der Waals surface area contributed by atoms with Crippen LogP contribution in [0.15, 0.2) is 16.7 Å². The second-order valence-corrected chi connectivity index (χ2v) is 4.12. The zero-order chi connectivity index (χ0) is 12.5. The third-order valence-electron chi connectivity index (χ3n) is 2.52. The number of hydrogen-bond donors (Lipinski definition) is 1. The fourth-order valence-corrected chi connectivity index (χ4v) is 1.75. The van der Waals surface area contributed by atoms with Crippen molar-refractivity contribution >= 4 is 0 Å². The van der Waals surface area contributed by atoms with Crippen LogP contribution in [0.5, 0.6) is 0 Å². The second-order valence-electron chi connectivity index (χ2n) is 4.12.